The number of amides is 1. The number of anilines is 1. The predicted octanol–water partition coefficient (Wildman–Crippen LogP) is 5.11. The fourth-order valence-corrected chi connectivity index (χ4v) is 6.42. The fourth-order valence-electron chi connectivity index (χ4n) is 5.01. The molecule has 0 bridgehead atoms. The van der Waals surface area contributed by atoms with Crippen molar-refractivity contribution < 1.29 is 23.7 Å². The first-order valence-electron chi connectivity index (χ1n) is 11.7. The molecular formula is C27H30N2O5S. The summed E-state index contributed by atoms with van der Waals surface area (Å²) < 4.78 is 22.1. The van der Waals surface area contributed by atoms with E-state index in [0.717, 1.165) is 41.0 Å². The lowest BCUT2D eigenvalue weighted by Gasteiger charge is -2.38. The first-order chi connectivity index (χ1) is 17.1. The summed E-state index contributed by atoms with van der Waals surface area (Å²) in [6.45, 7) is 0.576. The summed E-state index contributed by atoms with van der Waals surface area (Å²) in [6, 6.07) is 11.7. The summed E-state index contributed by atoms with van der Waals surface area (Å²) in [7, 11) is 6.53. The van der Waals surface area contributed by atoms with Crippen molar-refractivity contribution in [1.29, 1.82) is 0 Å². The molecule has 0 saturated carbocycles. The Kier molecular flexibility index (Phi) is 6.47. The van der Waals surface area contributed by atoms with Crippen molar-refractivity contribution in [3.63, 3.8) is 0 Å². The minimum Gasteiger partial charge on any atom is -0.497 e. The Bertz CT molecular complexity index is 1250. The van der Waals surface area contributed by atoms with Crippen LogP contribution in [0.4, 0.5) is 5.00 Å². The third-order valence-corrected chi connectivity index (χ3v) is 8.09. The maximum atomic E-state index is 13.5. The largest absolute Gasteiger partial charge is 0.497 e. The number of thiophene rings is 1. The Balaban J connectivity index is 1.63. The van der Waals surface area contributed by atoms with Gasteiger partial charge in [-0.25, -0.2) is 0 Å². The number of methoxy groups -OCH3 is 4. The molecule has 2 aromatic carbocycles. The highest BCUT2D eigenvalue weighted by molar-refractivity contribution is 7.16. The van der Waals surface area contributed by atoms with Crippen LogP contribution in [0.1, 0.15) is 50.9 Å². The van der Waals surface area contributed by atoms with Crippen LogP contribution in [0.25, 0.3) is 0 Å². The molecule has 0 fully saturated rings. The number of carbonyl (C=O) groups is 1. The second-order valence-corrected chi connectivity index (χ2v) is 9.78. The third kappa shape index (κ3) is 4.16. The minimum absolute atomic E-state index is 0.0224. The van der Waals surface area contributed by atoms with E-state index in [9.17, 15) is 4.79 Å². The van der Waals surface area contributed by atoms with Gasteiger partial charge in [-0.1, -0.05) is 6.07 Å². The van der Waals surface area contributed by atoms with Crippen LogP contribution in [0.15, 0.2) is 36.4 Å². The summed E-state index contributed by atoms with van der Waals surface area (Å²) in [6.07, 6.45) is 3.87. The van der Waals surface area contributed by atoms with Gasteiger partial charge in [0.15, 0.2) is 11.5 Å². The van der Waals surface area contributed by atoms with E-state index >= 15 is 0 Å². The van der Waals surface area contributed by atoms with Crippen LogP contribution >= 0.6 is 11.3 Å². The molecule has 2 heterocycles. The zero-order valence-electron chi connectivity index (χ0n) is 20.5. The van der Waals surface area contributed by atoms with E-state index in [2.05, 4.69) is 10.2 Å². The molecule has 184 valence electrons. The molecule has 1 aromatic heterocycles. The molecule has 1 unspecified atom stereocenters. The number of carbonyl (C=O) groups excluding carboxylic acids is 1. The predicted molar refractivity (Wildman–Crippen MR) is 136 cm³/mol. The van der Waals surface area contributed by atoms with Gasteiger partial charge in [0.05, 0.1) is 34.0 Å². The number of nitrogens with one attached hydrogen (secondary N) is 1. The minimum atomic E-state index is -0.399. The SMILES string of the molecule is COc1ccc(C2NC(=O)c3c(sc4c3CCCC4)N2Cc2ccc(OC)c(OC)c2)c(OC)c1. The van der Waals surface area contributed by atoms with Crippen molar-refractivity contribution in [1.82, 2.24) is 5.32 Å². The molecule has 3 aromatic rings. The number of benzene rings is 2. The van der Waals surface area contributed by atoms with E-state index in [1.54, 1.807) is 39.8 Å². The lowest BCUT2D eigenvalue weighted by atomic mass is 9.93. The van der Waals surface area contributed by atoms with Crippen molar-refractivity contribution in [2.75, 3.05) is 33.3 Å². The van der Waals surface area contributed by atoms with E-state index in [1.165, 1.54) is 16.9 Å². The molecule has 1 N–H and O–H groups in total. The molecule has 35 heavy (non-hydrogen) atoms. The molecule has 1 aliphatic heterocycles. The van der Waals surface area contributed by atoms with Gasteiger partial charge in [0, 0.05) is 23.1 Å². The van der Waals surface area contributed by atoms with E-state index in [-0.39, 0.29) is 5.91 Å². The highest BCUT2D eigenvalue weighted by Gasteiger charge is 2.38. The van der Waals surface area contributed by atoms with Crippen molar-refractivity contribution in [3.8, 4) is 23.0 Å². The maximum Gasteiger partial charge on any atom is 0.256 e. The highest BCUT2D eigenvalue weighted by atomic mass is 32.1. The van der Waals surface area contributed by atoms with Crippen LogP contribution in [0.5, 0.6) is 23.0 Å². The van der Waals surface area contributed by atoms with Gasteiger partial charge in [0.25, 0.3) is 5.91 Å². The van der Waals surface area contributed by atoms with Crippen LogP contribution < -0.4 is 29.2 Å². The number of hydrogen-bond acceptors (Lipinski definition) is 7. The first kappa shape index (κ1) is 23.4. The zero-order valence-corrected chi connectivity index (χ0v) is 21.3. The van der Waals surface area contributed by atoms with Gasteiger partial charge in [-0.3, -0.25) is 4.79 Å². The fraction of sp³-hybridized carbons (Fsp3) is 0.370. The van der Waals surface area contributed by atoms with Crippen LogP contribution in [-0.2, 0) is 19.4 Å². The van der Waals surface area contributed by atoms with Gasteiger partial charge in [-0.15, -0.1) is 11.3 Å². The number of nitrogens with zero attached hydrogens (tertiary/aromatic N) is 1. The average Bonchev–Trinajstić information content (AvgIpc) is 3.30. The van der Waals surface area contributed by atoms with Crippen LogP contribution in [-0.4, -0.2) is 34.3 Å². The van der Waals surface area contributed by atoms with E-state index in [1.807, 2.05) is 36.4 Å². The summed E-state index contributed by atoms with van der Waals surface area (Å²) in [5.41, 5.74) is 3.97. The monoisotopic (exact) mass is 494 g/mol. The molecule has 7 nitrogen and oxygen atoms in total. The second kappa shape index (κ2) is 9.70. The van der Waals surface area contributed by atoms with E-state index in [4.69, 9.17) is 18.9 Å². The smallest absolute Gasteiger partial charge is 0.256 e. The molecule has 1 atom stereocenters. The number of hydrogen-bond donors (Lipinski definition) is 1. The summed E-state index contributed by atoms with van der Waals surface area (Å²) in [5, 5.41) is 4.29. The molecule has 0 spiro atoms. The summed E-state index contributed by atoms with van der Waals surface area (Å²) >= 11 is 1.75. The Hall–Kier alpha value is -3.39. The van der Waals surface area contributed by atoms with Crippen molar-refractivity contribution in [2.24, 2.45) is 0 Å². The number of aryl methyl sites for hydroxylation is 1. The molecule has 1 amide bonds. The zero-order chi connectivity index (χ0) is 24.5. The van der Waals surface area contributed by atoms with Crippen molar-refractivity contribution in [2.45, 2.75) is 38.4 Å². The molecule has 0 saturated heterocycles. The van der Waals surface area contributed by atoms with Gasteiger partial charge in [0.1, 0.15) is 22.7 Å². The maximum absolute atomic E-state index is 13.5. The van der Waals surface area contributed by atoms with Gasteiger partial charge >= 0.3 is 0 Å². The molecule has 8 heteroatoms. The normalized spacial score (nSPS) is 16.7. The highest BCUT2D eigenvalue weighted by Crippen LogP contribution is 2.47. The Morgan fingerprint density at radius 1 is 0.914 bits per heavy atom. The third-order valence-electron chi connectivity index (χ3n) is 6.76. The van der Waals surface area contributed by atoms with Gasteiger partial charge in [-0.05, 0) is 61.1 Å². The lowest BCUT2D eigenvalue weighted by Crippen LogP contribution is -2.46. The van der Waals surface area contributed by atoms with E-state index < -0.39 is 6.17 Å². The summed E-state index contributed by atoms with van der Waals surface area (Å²) in [4.78, 5) is 17.1. The standard InChI is InChI=1S/C27H30N2O5S/c1-31-17-10-11-18(21(14-17)33-3)25-28-26(30)24-19-7-5-6-8-23(19)35-27(24)29(25)15-16-9-12-20(32-2)22(13-16)34-4/h9-14,25H,5-8,15H2,1-4H3,(H,28,30). The summed E-state index contributed by atoms with van der Waals surface area (Å²) in [5.74, 6) is 2.70. The Labute approximate surface area is 209 Å². The van der Waals surface area contributed by atoms with Crippen LogP contribution in [0, 0.1) is 0 Å². The topological polar surface area (TPSA) is 69.3 Å². The Morgan fingerprint density at radius 2 is 1.69 bits per heavy atom. The number of fused-ring (bicyclic) bond motifs is 3. The molecular weight excluding hydrogens is 464 g/mol. The van der Waals surface area contributed by atoms with Crippen LogP contribution in [0.3, 0.4) is 0 Å². The van der Waals surface area contributed by atoms with Gasteiger partial charge in [0.2, 0.25) is 0 Å². The molecule has 5 rings (SSSR count). The Morgan fingerprint density at radius 3 is 2.43 bits per heavy atom. The quantitative estimate of drug-likeness (QED) is 0.492. The van der Waals surface area contributed by atoms with Gasteiger partial charge in [-0.2, -0.15) is 0 Å². The van der Waals surface area contributed by atoms with Crippen molar-refractivity contribution in [3.05, 3.63) is 63.5 Å². The van der Waals surface area contributed by atoms with Crippen LogP contribution in [0.2, 0.25) is 0 Å². The van der Waals surface area contributed by atoms with Gasteiger partial charge < -0.3 is 29.2 Å². The lowest BCUT2D eigenvalue weighted by molar-refractivity contribution is 0.0925. The van der Waals surface area contributed by atoms with E-state index in [0.29, 0.717) is 29.5 Å². The second-order valence-electron chi connectivity index (χ2n) is 8.69. The number of ether oxygens (including phenoxy) is 4. The first-order valence-corrected chi connectivity index (χ1v) is 12.5. The molecule has 1 aliphatic carbocycles. The number of rotatable bonds is 7. The average molecular weight is 495 g/mol. The van der Waals surface area contributed by atoms with Crippen molar-refractivity contribution >= 4 is 22.2 Å². The molecule has 2 aliphatic rings. The molecule has 0 radical (unpaired) electrons.